The van der Waals surface area contributed by atoms with Crippen LogP contribution in [0.3, 0.4) is 0 Å². The van der Waals surface area contributed by atoms with Gasteiger partial charge >= 0.3 is 11.9 Å². The number of aliphatic hydroxyl groups excluding tert-OH is 1. The zero-order chi connectivity index (χ0) is 15.2. The van der Waals surface area contributed by atoms with E-state index in [1.54, 1.807) is 60.7 Å². The van der Waals surface area contributed by atoms with Crippen molar-refractivity contribution in [3.63, 3.8) is 0 Å². The lowest BCUT2D eigenvalue weighted by Crippen LogP contribution is -2.23. The van der Waals surface area contributed by atoms with Gasteiger partial charge in [-0.15, -0.1) is 0 Å². The number of carbonyl (C=O) groups is 2. The fourth-order valence-electron chi connectivity index (χ4n) is 1.84. The fourth-order valence-corrected chi connectivity index (χ4v) is 1.84. The molecule has 0 aliphatic carbocycles. The van der Waals surface area contributed by atoms with Crippen molar-refractivity contribution < 1.29 is 24.5 Å². The van der Waals surface area contributed by atoms with Crippen LogP contribution in [-0.2, 0) is 14.3 Å². The zero-order valence-electron chi connectivity index (χ0n) is 11.0. The maximum atomic E-state index is 11.9. The van der Waals surface area contributed by atoms with Crippen LogP contribution in [0.25, 0.3) is 0 Å². The van der Waals surface area contributed by atoms with E-state index >= 15 is 0 Å². The van der Waals surface area contributed by atoms with Crippen LogP contribution in [-0.4, -0.2) is 22.2 Å². The van der Waals surface area contributed by atoms with Crippen molar-refractivity contribution in [2.75, 3.05) is 0 Å². The van der Waals surface area contributed by atoms with Gasteiger partial charge in [0.2, 0.25) is 6.10 Å². The number of benzene rings is 2. The van der Waals surface area contributed by atoms with E-state index in [4.69, 9.17) is 9.84 Å². The van der Waals surface area contributed by atoms with Crippen molar-refractivity contribution in [2.24, 2.45) is 0 Å². The molecule has 2 N–H and O–H groups in total. The lowest BCUT2D eigenvalue weighted by atomic mass is 10.1. The van der Waals surface area contributed by atoms with Gasteiger partial charge in [0.15, 0.2) is 6.10 Å². The minimum atomic E-state index is -1.52. The predicted molar refractivity (Wildman–Crippen MR) is 74.3 cm³/mol. The molecule has 2 aromatic carbocycles. The van der Waals surface area contributed by atoms with E-state index in [1.807, 2.05) is 0 Å². The Morgan fingerprint density at radius 3 is 1.81 bits per heavy atom. The quantitative estimate of drug-likeness (QED) is 0.822. The number of aliphatic carboxylic acids is 1. The molecule has 108 valence electrons. The zero-order valence-corrected chi connectivity index (χ0v) is 11.0. The minimum Gasteiger partial charge on any atom is -0.478 e. The van der Waals surface area contributed by atoms with E-state index in [-0.39, 0.29) is 0 Å². The molecule has 2 rings (SSSR count). The highest BCUT2D eigenvalue weighted by Gasteiger charge is 2.28. The van der Waals surface area contributed by atoms with Crippen LogP contribution < -0.4 is 0 Å². The normalized spacial score (nSPS) is 13.2. The number of carboxylic acids is 1. The summed E-state index contributed by atoms with van der Waals surface area (Å²) in [6.45, 7) is 0. The molecule has 5 nitrogen and oxygen atoms in total. The summed E-state index contributed by atoms with van der Waals surface area (Å²) >= 11 is 0. The van der Waals surface area contributed by atoms with Crippen LogP contribution in [0.15, 0.2) is 60.7 Å². The number of ether oxygens (including phenoxy) is 1. The van der Waals surface area contributed by atoms with Crippen LogP contribution >= 0.6 is 0 Å². The lowest BCUT2D eigenvalue weighted by molar-refractivity contribution is -0.171. The molecule has 0 fully saturated rings. The van der Waals surface area contributed by atoms with E-state index < -0.39 is 24.1 Å². The summed E-state index contributed by atoms with van der Waals surface area (Å²) in [7, 11) is 0. The monoisotopic (exact) mass is 286 g/mol. The number of esters is 1. The summed E-state index contributed by atoms with van der Waals surface area (Å²) in [6, 6.07) is 16.3. The van der Waals surface area contributed by atoms with Crippen LogP contribution in [0.2, 0.25) is 0 Å². The van der Waals surface area contributed by atoms with Gasteiger partial charge in [-0.05, 0) is 5.56 Å². The van der Waals surface area contributed by atoms with Crippen molar-refractivity contribution >= 4 is 11.9 Å². The predicted octanol–water partition coefficient (Wildman–Crippen LogP) is 2.09. The second-order valence-electron chi connectivity index (χ2n) is 4.38. The average molecular weight is 286 g/mol. The maximum Gasteiger partial charge on any atom is 0.349 e. The van der Waals surface area contributed by atoms with E-state index in [0.29, 0.717) is 11.1 Å². The van der Waals surface area contributed by atoms with Gasteiger partial charge in [-0.3, -0.25) is 0 Å². The van der Waals surface area contributed by atoms with Crippen LogP contribution in [0, 0.1) is 0 Å². The van der Waals surface area contributed by atoms with Crippen molar-refractivity contribution in [1.82, 2.24) is 0 Å². The van der Waals surface area contributed by atoms with Crippen molar-refractivity contribution in [3.8, 4) is 0 Å². The second-order valence-corrected chi connectivity index (χ2v) is 4.38. The molecule has 0 spiro atoms. The fraction of sp³-hybridized carbons (Fsp3) is 0.125. The Balaban J connectivity index is 2.14. The minimum absolute atomic E-state index is 0.332. The summed E-state index contributed by atoms with van der Waals surface area (Å²) < 4.78 is 4.93. The first-order valence-electron chi connectivity index (χ1n) is 6.31. The van der Waals surface area contributed by atoms with Gasteiger partial charge in [0.05, 0.1) is 0 Å². The largest absolute Gasteiger partial charge is 0.478 e. The van der Waals surface area contributed by atoms with Gasteiger partial charge < -0.3 is 14.9 Å². The third kappa shape index (κ3) is 3.67. The summed E-state index contributed by atoms with van der Waals surface area (Å²) in [6.07, 6.45) is -2.96. The molecule has 0 radical (unpaired) electrons. The number of hydrogen-bond acceptors (Lipinski definition) is 4. The molecule has 0 unspecified atom stereocenters. The first kappa shape index (κ1) is 14.7. The first-order chi connectivity index (χ1) is 10.1. The molecule has 5 heteroatoms. The summed E-state index contributed by atoms with van der Waals surface area (Å²) in [4.78, 5) is 23.1. The van der Waals surface area contributed by atoms with Gasteiger partial charge in [0, 0.05) is 5.56 Å². The van der Waals surface area contributed by atoms with E-state index in [2.05, 4.69) is 0 Å². The summed E-state index contributed by atoms with van der Waals surface area (Å²) in [5.74, 6) is -2.30. The third-order valence-corrected chi connectivity index (χ3v) is 2.90. The molecule has 2 atom stereocenters. The molecule has 0 saturated carbocycles. The van der Waals surface area contributed by atoms with Gasteiger partial charge in [0.1, 0.15) is 0 Å². The Kier molecular flexibility index (Phi) is 4.68. The van der Waals surface area contributed by atoms with Gasteiger partial charge in [-0.2, -0.15) is 0 Å². The first-order valence-corrected chi connectivity index (χ1v) is 6.31. The van der Waals surface area contributed by atoms with Crippen molar-refractivity contribution in [2.45, 2.75) is 12.2 Å². The Labute approximate surface area is 121 Å². The smallest absolute Gasteiger partial charge is 0.349 e. The highest BCUT2D eigenvalue weighted by molar-refractivity contribution is 5.82. The molecule has 0 heterocycles. The molecule has 21 heavy (non-hydrogen) atoms. The average Bonchev–Trinajstić information content (AvgIpc) is 2.53. The maximum absolute atomic E-state index is 11.9. The SMILES string of the molecule is O=C(O[C@@H](C(=O)O)c1ccccc1)[C@@H](O)c1ccccc1. The van der Waals surface area contributed by atoms with Crippen molar-refractivity contribution in [3.05, 3.63) is 71.8 Å². The summed E-state index contributed by atoms with van der Waals surface area (Å²) in [5, 5.41) is 19.1. The lowest BCUT2D eigenvalue weighted by Gasteiger charge is -2.16. The molecule has 0 bridgehead atoms. The topological polar surface area (TPSA) is 83.8 Å². The van der Waals surface area contributed by atoms with Gasteiger partial charge in [-0.1, -0.05) is 60.7 Å². The van der Waals surface area contributed by atoms with E-state index in [0.717, 1.165) is 0 Å². The van der Waals surface area contributed by atoms with Crippen LogP contribution in [0.1, 0.15) is 23.3 Å². The van der Waals surface area contributed by atoms with Gasteiger partial charge in [-0.25, -0.2) is 9.59 Å². The highest BCUT2D eigenvalue weighted by atomic mass is 16.6. The molecule has 0 aromatic heterocycles. The summed E-state index contributed by atoms with van der Waals surface area (Å²) in [5.41, 5.74) is 0.679. The van der Waals surface area contributed by atoms with Crippen LogP contribution in [0.4, 0.5) is 0 Å². The highest BCUT2D eigenvalue weighted by Crippen LogP contribution is 2.22. The molecule has 0 amide bonds. The standard InChI is InChI=1S/C16H14O5/c17-13(11-7-3-1-4-8-11)16(20)21-14(15(18)19)12-9-5-2-6-10-12/h1-10,13-14,17H,(H,18,19)/t13-,14+/m0/s1. The Morgan fingerprint density at radius 1 is 0.857 bits per heavy atom. The van der Waals surface area contributed by atoms with E-state index in [1.165, 1.54) is 0 Å². The Morgan fingerprint density at radius 2 is 1.33 bits per heavy atom. The van der Waals surface area contributed by atoms with Crippen LogP contribution in [0.5, 0.6) is 0 Å². The number of aliphatic hydroxyl groups is 1. The Bertz CT molecular complexity index is 609. The van der Waals surface area contributed by atoms with E-state index in [9.17, 15) is 14.7 Å². The number of hydrogen-bond donors (Lipinski definition) is 2. The Hall–Kier alpha value is -2.66. The molecule has 0 saturated heterocycles. The molecule has 0 aliphatic rings. The van der Waals surface area contributed by atoms with Crippen molar-refractivity contribution in [1.29, 1.82) is 0 Å². The molecule has 0 aliphatic heterocycles. The molecular weight excluding hydrogens is 272 g/mol. The second kappa shape index (κ2) is 6.67. The molecular formula is C16H14O5. The number of rotatable bonds is 5. The molecule has 2 aromatic rings. The number of carboxylic acid groups (broad SMARTS) is 1. The third-order valence-electron chi connectivity index (χ3n) is 2.90. The number of carbonyl (C=O) groups excluding carboxylic acids is 1. The van der Waals surface area contributed by atoms with Gasteiger partial charge in [0.25, 0.3) is 0 Å².